The smallest absolute Gasteiger partial charge is 0.132 e. The molecule has 0 aromatic rings. The Morgan fingerprint density at radius 3 is 2.15 bits per heavy atom. The monoisotopic (exact) mass is 282 g/mol. The summed E-state index contributed by atoms with van der Waals surface area (Å²) in [7, 11) is 2.05. The molecular formula is C16H30N2O2. The molecule has 2 N–H and O–H groups in total. The Balaban J connectivity index is 1.55. The van der Waals surface area contributed by atoms with Crippen LogP contribution in [0.25, 0.3) is 0 Å². The van der Waals surface area contributed by atoms with Crippen LogP contribution in [-0.4, -0.2) is 31.5 Å². The molecule has 0 saturated heterocycles. The van der Waals surface area contributed by atoms with E-state index >= 15 is 0 Å². The van der Waals surface area contributed by atoms with Crippen molar-refractivity contribution in [1.29, 1.82) is 0 Å². The second-order valence-corrected chi connectivity index (χ2v) is 6.59. The number of carbonyl (C=O) groups excluding carboxylic acids is 1. The molecule has 4 nitrogen and oxygen atoms in total. The van der Waals surface area contributed by atoms with Gasteiger partial charge >= 0.3 is 0 Å². The standard InChI is InChI=1S/C16H30N2O2/c1-12(19)14-5-3-13(4-6-14)11-20-18-16-9-7-15(17-2)8-10-16/h13-18H,3-11H2,1-2H3. The van der Waals surface area contributed by atoms with Gasteiger partial charge in [0.1, 0.15) is 5.78 Å². The lowest BCUT2D eigenvalue weighted by Gasteiger charge is -2.30. The maximum absolute atomic E-state index is 11.3. The van der Waals surface area contributed by atoms with Gasteiger partial charge in [0.05, 0.1) is 6.61 Å². The Morgan fingerprint density at radius 2 is 1.60 bits per heavy atom. The number of hydrogen-bond acceptors (Lipinski definition) is 4. The molecule has 2 aliphatic carbocycles. The van der Waals surface area contributed by atoms with Crippen molar-refractivity contribution in [3.63, 3.8) is 0 Å². The van der Waals surface area contributed by atoms with E-state index in [0.717, 1.165) is 32.3 Å². The van der Waals surface area contributed by atoms with Crippen LogP contribution < -0.4 is 10.8 Å². The van der Waals surface area contributed by atoms with E-state index in [1.807, 2.05) is 7.05 Å². The molecule has 2 rings (SSSR count). The third kappa shape index (κ3) is 4.83. The molecule has 0 unspecified atom stereocenters. The fourth-order valence-electron chi connectivity index (χ4n) is 3.52. The zero-order valence-corrected chi connectivity index (χ0v) is 13.0. The zero-order valence-electron chi connectivity index (χ0n) is 13.0. The summed E-state index contributed by atoms with van der Waals surface area (Å²) in [5, 5.41) is 3.35. The summed E-state index contributed by atoms with van der Waals surface area (Å²) in [5.74, 6) is 1.31. The largest absolute Gasteiger partial charge is 0.317 e. The number of carbonyl (C=O) groups is 1. The van der Waals surface area contributed by atoms with E-state index in [1.54, 1.807) is 6.92 Å². The van der Waals surface area contributed by atoms with Gasteiger partial charge in [-0.2, -0.15) is 5.48 Å². The van der Waals surface area contributed by atoms with Crippen molar-refractivity contribution >= 4 is 5.78 Å². The summed E-state index contributed by atoms with van der Waals surface area (Å²) in [5.41, 5.74) is 3.25. The first-order chi connectivity index (χ1) is 9.69. The van der Waals surface area contributed by atoms with Gasteiger partial charge in [0, 0.05) is 18.0 Å². The highest BCUT2D eigenvalue weighted by Crippen LogP contribution is 2.29. The Bertz CT molecular complexity index is 293. The molecule has 0 amide bonds. The Labute approximate surface area is 123 Å². The van der Waals surface area contributed by atoms with Crippen LogP contribution in [0.2, 0.25) is 0 Å². The zero-order chi connectivity index (χ0) is 14.4. The lowest BCUT2D eigenvalue weighted by atomic mass is 9.81. The molecule has 0 aromatic carbocycles. The van der Waals surface area contributed by atoms with Gasteiger partial charge in [-0.05, 0) is 71.3 Å². The molecule has 0 bridgehead atoms. The van der Waals surface area contributed by atoms with E-state index in [4.69, 9.17) is 4.84 Å². The summed E-state index contributed by atoms with van der Waals surface area (Å²) >= 11 is 0. The van der Waals surface area contributed by atoms with Gasteiger partial charge in [0.25, 0.3) is 0 Å². The number of hydrogen-bond donors (Lipinski definition) is 2. The van der Waals surface area contributed by atoms with Gasteiger partial charge < -0.3 is 10.2 Å². The molecule has 0 atom stereocenters. The molecule has 4 heteroatoms. The molecule has 116 valence electrons. The van der Waals surface area contributed by atoms with Crippen LogP contribution >= 0.6 is 0 Å². The second kappa shape index (κ2) is 8.11. The minimum absolute atomic E-state index is 0.316. The quantitative estimate of drug-likeness (QED) is 0.735. The fraction of sp³-hybridized carbons (Fsp3) is 0.938. The second-order valence-electron chi connectivity index (χ2n) is 6.59. The van der Waals surface area contributed by atoms with Crippen LogP contribution in [0.4, 0.5) is 0 Å². The minimum atomic E-state index is 0.316. The van der Waals surface area contributed by atoms with Gasteiger partial charge in [-0.25, -0.2) is 0 Å². The highest BCUT2D eigenvalue weighted by molar-refractivity contribution is 5.78. The maximum atomic E-state index is 11.3. The summed E-state index contributed by atoms with van der Waals surface area (Å²) < 4.78 is 0. The summed E-state index contributed by atoms with van der Waals surface area (Å²) in [4.78, 5) is 17.1. The molecule has 0 heterocycles. The Morgan fingerprint density at radius 1 is 1.00 bits per heavy atom. The van der Waals surface area contributed by atoms with E-state index in [-0.39, 0.29) is 0 Å². The third-order valence-corrected chi connectivity index (χ3v) is 5.13. The first kappa shape index (κ1) is 15.9. The Hall–Kier alpha value is -0.450. The van der Waals surface area contributed by atoms with Crippen LogP contribution in [0, 0.1) is 11.8 Å². The lowest BCUT2D eigenvalue weighted by Crippen LogP contribution is -2.39. The van der Waals surface area contributed by atoms with Crippen LogP contribution in [0.5, 0.6) is 0 Å². The van der Waals surface area contributed by atoms with E-state index in [1.165, 1.54) is 25.7 Å². The molecule has 20 heavy (non-hydrogen) atoms. The average molecular weight is 282 g/mol. The third-order valence-electron chi connectivity index (χ3n) is 5.13. The average Bonchev–Trinajstić information content (AvgIpc) is 2.48. The highest BCUT2D eigenvalue weighted by Gasteiger charge is 2.25. The van der Waals surface area contributed by atoms with E-state index in [9.17, 15) is 4.79 Å². The van der Waals surface area contributed by atoms with Crippen molar-refractivity contribution in [3.8, 4) is 0 Å². The molecule has 2 saturated carbocycles. The number of rotatable bonds is 6. The predicted octanol–water partition coefficient (Wildman–Crippen LogP) is 2.43. The van der Waals surface area contributed by atoms with Crippen molar-refractivity contribution in [2.75, 3.05) is 13.7 Å². The Kier molecular flexibility index (Phi) is 6.46. The number of ketones is 1. The van der Waals surface area contributed by atoms with Crippen LogP contribution in [0.15, 0.2) is 0 Å². The van der Waals surface area contributed by atoms with Crippen molar-refractivity contribution < 1.29 is 9.63 Å². The summed E-state index contributed by atoms with van der Waals surface area (Å²) in [6.07, 6.45) is 9.25. The first-order valence-corrected chi connectivity index (χ1v) is 8.24. The van der Waals surface area contributed by atoms with Crippen molar-refractivity contribution in [1.82, 2.24) is 10.8 Å². The minimum Gasteiger partial charge on any atom is -0.317 e. The highest BCUT2D eigenvalue weighted by atomic mass is 16.6. The SMILES string of the molecule is CNC1CCC(NOCC2CCC(C(C)=O)CC2)CC1. The lowest BCUT2D eigenvalue weighted by molar-refractivity contribution is -0.122. The van der Waals surface area contributed by atoms with Crippen molar-refractivity contribution in [2.24, 2.45) is 11.8 Å². The maximum Gasteiger partial charge on any atom is 0.132 e. The van der Waals surface area contributed by atoms with Gasteiger partial charge in [-0.3, -0.25) is 4.79 Å². The van der Waals surface area contributed by atoms with Crippen molar-refractivity contribution in [3.05, 3.63) is 0 Å². The summed E-state index contributed by atoms with van der Waals surface area (Å²) in [6.45, 7) is 2.53. The van der Waals surface area contributed by atoms with E-state index in [0.29, 0.717) is 29.7 Å². The predicted molar refractivity (Wildman–Crippen MR) is 80.3 cm³/mol. The number of nitrogens with one attached hydrogen (secondary N) is 2. The van der Waals surface area contributed by atoms with Gasteiger partial charge in [-0.15, -0.1) is 0 Å². The van der Waals surface area contributed by atoms with Crippen LogP contribution in [0.1, 0.15) is 58.3 Å². The topological polar surface area (TPSA) is 50.4 Å². The van der Waals surface area contributed by atoms with Crippen molar-refractivity contribution in [2.45, 2.75) is 70.4 Å². The van der Waals surface area contributed by atoms with Gasteiger partial charge in [0.15, 0.2) is 0 Å². The molecule has 0 aliphatic heterocycles. The molecular weight excluding hydrogens is 252 g/mol. The van der Waals surface area contributed by atoms with Crippen LogP contribution in [-0.2, 0) is 9.63 Å². The number of Topliss-reactive ketones (excluding diaryl/α,β-unsaturated/α-hetero) is 1. The summed E-state index contributed by atoms with van der Waals surface area (Å²) in [6, 6.07) is 1.21. The van der Waals surface area contributed by atoms with E-state index in [2.05, 4.69) is 10.8 Å². The molecule has 0 spiro atoms. The van der Waals surface area contributed by atoms with Gasteiger partial charge in [-0.1, -0.05) is 0 Å². The molecule has 0 radical (unpaired) electrons. The van der Waals surface area contributed by atoms with Gasteiger partial charge in [0.2, 0.25) is 0 Å². The molecule has 2 aliphatic rings. The first-order valence-electron chi connectivity index (χ1n) is 8.24. The number of hydroxylamine groups is 1. The molecule has 2 fully saturated rings. The fourth-order valence-corrected chi connectivity index (χ4v) is 3.52. The molecule has 0 aromatic heterocycles. The normalized spacial score (nSPS) is 34.9. The van der Waals surface area contributed by atoms with Crippen LogP contribution in [0.3, 0.4) is 0 Å². The van der Waals surface area contributed by atoms with E-state index < -0.39 is 0 Å².